The van der Waals surface area contributed by atoms with Gasteiger partial charge in [0.2, 0.25) is 0 Å². The van der Waals surface area contributed by atoms with E-state index < -0.39 is 0 Å². The van der Waals surface area contributed by atoms with Crippen LogP contribution >= 0.6 is 0 Å². The van der Waals surface area contributed by atoms with E-state index in [9.17, 15) is 0 Å². The topological polar surface area (TPSA) is 28.2 Å². The lowest BCUT2D eigenvalue weighted by molar-refractivity contribution is 0.688. The molecule has 3 nitrogen and oxygen atoms in total. The highest BCUT2D eigenvalue weighted by molar-refractivity contribution is 5.49. The average Bonchev–Trinajstić information content (AvgIpc) is 2.40. The van der Waals surface area contributed by atoms with Crippen LogP contribution in [0, 0.1) is 6.92 Å². The van der Waals surface area contributed by atoms with Gasteiger partial charge in [-0.25, -0.2) is 0 Å². The largest absolute Gasteiger partial charge is 0.378 e. The zero-order chi connectivity index (χ0) is 13.8. The second-order valence-electron chi connectivity index (χ2n) is 5.01. The predicted octanol–water partition coefficient (Wildman–Crippen LogP) is 2.76. The molecule has 0 amide bonds. The summed E-state index contributed by atoms with van der Waals surface area (Å²) < 4.78 is 0. The van der Waals surface area contributed by atoms with Crippen molar-refractivity contribution < 1.29 is 0 Å². The van der Waals surface area contributed by atoms with E-state index in [0.29, 0.717) is 0 Å². The molecular formula is C16H21N3. The zero-order valence-electron chi connectivity index (χ0n) is 12.0. The SMILES string of the molecule is CNC(c1cncc(C)c1)c1cccc(N(C)C)c1. The fourth-order valence-corrected chi connectivity index (χ4v) is 2.24. The van der Waals surface area contributed by atoms with Gasteiger partial charge in [-0.2, -0.15) is 0 Å². The third-order valence-electron chi connectivity index (χ3n) is 3.24. The fourth-order valence-electron chi connectivity index (χ4n) is 2.24. The van der Waals surface area contributed by atoms with Crippen molar-refractivity contribution in [2.45, 2.75) is 13.0 Å². The van der Waals surface area contributed by atoms with Crippen molar-refractivity contribution in [3.63, 3.8) is 0 Å². The summed E-state index contributed by atoms with van der Waals surface area (Å²) in [5.74, 6) is 0. The van der Waals surface area contributed by atoms with Crippen molar-refractivity contribution in [1.82, 2.24) is 10.3 Å². The lowest BCUT2D eigenvalue weighted by Crippen LogP contribution is -2.18. The quantitative estimate of drug-likeness (QED) is 0.910. The highest BCUT2D eigenvalue weighted by Crippen LogP contribution is 2.24. The molecule has 19 heavy (non-hydrogen) atoms. The second kappa shape index (κ2) is 5.85. The molecule has 1 heterocycles. The molecule has 1 aromatic carbocycles. The lowest BCUT2D eigenvalue weighted by Gasteiger charge is -2.20. The normalized spacial score (nSPS) is 12.2. The maximum absolute atomic E-state index is 4.29. The van der Waals surface area contributed by atoms with Crippen LogP contribution in [0.3, 0.4) is 0 Å². The minimum Gasteiger partial charge on any atom is -0.378 e. The van der Waals surface area contributed by atoms with Crippen LogP contribution in [0.4, 0.5) is 5.69 Å². The summed E-state index contributed by atoms with van der Waals surface area (Å²) in [4.78, 5) is 6.40. The monoisotopic (exact) mass is 255 g/mol. The van der Waals surface area contributed by atoms with Crippen LogP contribution in [0.5, 0.6) is 0 Å². The van der Waals surface area contributed by atoms with Gasteiger partial charge in [-0.1, -0.05) is 18.2 Å². The van der Waals surface area contributed by atoms with E-state index in [1.165, 1.54) is 22.4 Å². The van der Waals surface area contributed by atoms with Crippen molar-refractivity contribution in [1.29, 1.82) is 0 Å². The first-order valence-electron chi connectivity index (χ1n) is 6.48. The van der Waals surface area contributed by atoms with Gasteiger partial charge in [0.25, 0.3) is 0 Å². The molecule has 1 atom stereocenters. The summed E-state index contributed by atoms with van der Waals surface area (Å²) in [6.45, 7) is 2.07. The molecule has 100 valence electrons. The number of pyridine rings is 1. The third kappa shape index (κ3) is 3.12. The molecule has 2 aromatic rings. The Kier molecular flexibility index (Phi) is 4.17. The number of nitrogens with one attached hydrogen (secondary N) is 1. The van der Waals surface area contributed by atoms with Gasteiger partial charge in [0, 0.05) is 32.2 Å². The molecule has 0 saturated heterocycles. The second-order valence-corrected chi connectivity index (χ2v) is 5.01. The molecule has 0 bridgehead atoms. The minimum absolute atomic E-state index is 0.173. The van der Waals surface area contributed by atoms with Crippen molar-refractivity contribution in [2.75, 3.05) is 26.0 Å². The molecule has 0 fully saturated rings. The highest BCUT2D eigenvalue weighted by Gasteiger charge is 2.13. The van der Waals surface area contributed by atoms with Crippen LogP contribution < -0.4 is 10.2 Å². The summed E-state index contributed by atoms with van der Waals surface area (Å²) in [6, 6.07) is 10.9. The molecule has 0 aliphatic rings. The van der Waals surface area contributed by atoms with Gasteiger partial charge >= 0.3 is 0 Å². The Morgan fingerprint density at radius 3 is 2.53 bits per heavy atom. The number of hydrogen-bond donors (Lipinski definition) is 1. The maximum atomic E-state index is 4.29. The van der Waals surface area contributed by atoms with Crippen LogP contribution in [-0.2, 0) is 0 Å². The average molecular weight is 255 g/mol. The molecule has 1 aromatic heterocycles. The number of rotatable bonds is 4. The molecule has 1 N–H and O–H groups in total. The summed E-state index contributed by atoms with van der Waals surface area (Å²) in [5, 5.41) is 3.37. The number of aryl methyl sites for hydroxylation is 1. The zero-order valence-corrected chi connectivity index (χ0v) is 12.0. The van der Waals surface area contributed by atoms with Gasteiger partial charge in [0.15, 0.2) is 0 Å². The first kappa shape index (κ1) is 13.6. The maximum Gasteiger partial charge on any atom is 0.0590 e. The molecule has 0 saturated carbocycles. The van der Waals surface area contributed by atoms with Gasteiger partial charge in [0.05, 0.1) is 6.04 Å². The van der Waals surface area contributed by atoms with E-state index >= 15 is 0 Å². The summed E-state index contributed by atoms with van der Waals surface area (Å²) in [7, 11) is 6.10. The molecule has 0 spiro atoms. The van der Waals surface area contributed by atoms with E-state index in [2.05, 4.69) is 66.6 Å². The Morgan fingerprint density at radius 1 is 1.11 bits per heavy atom. The smallest absolute Gasteiger partial charge is 0.0590 e. The Hall–Kier alpha value is -1.87. The molecule has 1 unspecified atom stereocenters. The Morgan fingerprint density at radius 2 is 1.89 bits per heavy atom. The van der Waals surface area contributed by atoms with Gasteiger partial charge in [-0.15, -0.1) is 0 Å². The minimum atomic E-state index is 0.173. The molecule has 0 aliphatic heterocycles. The lowest BCUT2D eigenvalue weighted by atomic mass is 9.99. The number of aromatic nitrogens is 1. The molecule has 2 rings (SSSR count). The number of hydrogen-bond acceptors (Lipinski definition) is 3. The van der Waals surface area contributed by atoms with Crippen LogP contribution in [-0.4, -0.2) is 26.1 Å². The Balaban J connectivity index is 2.39. The van der Waals surface area contributed by atoms with Gasteiger partial charge in [-0.05, 0) is 42.8 Å². The van der Waals surface area contributed by atoms with E-state index in [1.807, 2.05) is 19.4 Å². The summed E-state index contributed by atoms with van der Waals surface area (Å²) >= 11 is 0. The third-order valence-corrected chi connectivity index (χ3v) is 3.24. The summed E-state index contributed by atoms with van der Waals surface area (Å²) in [6.07, 6.45) is 3.81. The Labute approximate surface area is 115 Å². The van der Waals surface area contributed by atoms with Crippen LogP contribution in [0.1, 0.15) is 22.7 Å². The van der Waals surface area contributed by atoms with E-state index in [-0.39, 0.29) is 6.04 Å². The standard InChI is InChI=1S/C16H21N3/c1-12-8-14(11-18-10-12)16(17-2)13-6-5-7-15(9-13)19(3)4/h5-11,16-17H,1-4H3. The molecule has 3 heteroatoms. The molecule has 0 radical (unpaired) electrons. The van der Waals surface area contributed by atoms with Crippen LogP contribution in [0.15, 0.2) is 42.7 Å². The molecule has 0 aliphatic carbocycles. The number of anilines is 1. The van der Waals surface area contributed by atoms with Gasteiger partial charge in [0.1, 0.15) is 0 Å². The van der Waals surface area contributed by atoms with Crippen LogP contribution in [0.2, 0.25) is 0 Å². The van der Waals surface area contributed by atoms with Crippen LogP contribution in [0.25, 0.3) is 0 Å². The van der Waals surface area contributed by atoms with Gasteiger partial charge < -0.3 is 10.2 Å². The predicted molar refractivity (Wildman–Crippen MR) is 80.6 cm³/mol. The van der Waals surface area contributed by atoms with Gasteiger partial charge in [-0.3, -0.25) is 4.98 Å². The first-order valence-corrected chi connectivity index (χ1v) is 6.48. The highest BCUT2D eigenvalue weighted by atomic mass is 15.1. The molecular weight excluding hydrogens is 234 g/mol. The number of nitrogens with zero attached hydrogens (tertiary/aromatic N) is 2. The fraction of sp³-hybridized carbons (Fsp3) is 0.312. The van der Waals surface area contributed by atoms with Crippen molar-refractivity contribution in [3.05, 3.63) is 59.4 Å². The summed E-state index contributed by atoms with van der Waals surface area (Å²) in [5.41, 5.74) is 4.83. The van der Waals surface area contributed by atoms with Crippen molar-refractivity contribution in [3.8, 4) is 0 Å². The van der Waals surface area contributed by atoms with Crippen molar-refractivity contribution >= 4 is 5.69 Å². The van der Waals surface area contributed by atoms with E-state index in [4.69, 9.17) is 0 Å². The first-order chi connectivity index (χ1) is 9.11. The van der Waals surface area contributed by atoms with E-state index in [1.54, 1.807) is 0 Å². The van der Waals surface area contributed by atoms with Crippen molar-refractivity contribution in [2.24, 2.45) is 0 Å². The Bertz CT molecular complexity index is 549. The van der Waals surface area contributed by atoms with E-state index in [0.717, 1.165) is 0 Å². The number of benzene rings is 1.